The number of hydrogen-bond acceptors (Lipinski definition) is 5. The highest BCUT2D eigenvalue weighted by Gasteiger charge is 2.33. The van der Waals surface area contributed by atoms with E-state index < -0.39 is 17.9 Å². The van der Waals surface area contributed by atoms with Crippen LogP contribution in [0.4, 0.5) is 0 Å². The molecule has 20 heavy (non-hydrogen) atoms. The molecule has 0 N–H and O–H groups in total. The molecule has 1 fully saturated rings. The summed E-state index contributed by atoms with van der Waals surface area (Å²) in [6, 6.07) is 2.28. The summed E-state index contributed by atoms with van der Waals surface area (Å²) in [7, 11) is 0. The predicted molar refractivity (Wildman–Crippen MR) is 72.4 cm³/mol. The van der Waals surface area contributed by atoms with Gasteiger partial charge < -0.3 is 9.47 Å². The highest BCUT2D eigenvalue weighted by Crippen LogP contribution is 2.33. The van der Waals surface area contributed by atoms with Crippen LogP contribution in [-0.2, 0) is 19.1 Å². The van der Waals surface area contributed by atoms with Crippen molar-refractivity contribution in [2.24, 2.45) is 17.8 Å². The Morgan fingerprint density at radius 1 is 1.10 bits per heavy atom. The molecular weight excluding hydrogens is 258 g/mol. The lowest BCUT2D eigenvalue weighted by atomic mass is 9.78. The van der Waals surface area contributed by atoms with Crippen molar-refractivity contribution in [3.8, 4) is 6.07 Å². The summed E-state index contributed by atoms with van der Waals surface area (Å²) in [5.41, 5.74) is 0. The number of hydrogen-bond donors (Lipinski definition) is 0. The van der Waals surface area contributed by atoms with Gasteiger partial charge in [-0.05, 0) is 51.9 Å². The molecule has 0 saturated heterocycles. The molecule has 1 aliphatic rings. The Labute approximate surface area is 120 Å². The third-order valence-electron chi connectivity index (χ3n) is 3.74. The molecule has 0 heterocycles. The average Bonchev–Trinajstić information content (AvgIpc) is 2.45. The largest absolute Gasteiger partial charge is 0.465 e. The minimum absolute atomic E-state index is 0.120. The van der Waals surface area contributed by atoms with E-state index in [1.165, 1.54) is 0 Å². The third-order valence-corrected chi connectivity index (χ3v) is 3.74. The topological polar surface area (TPSA) is 76.4 Å². The van der Waals surface area contributed by atoms with Crippen LogP contribution in [0.3, 0.4) is 0 Å². The van der Waals surface area contributed by atoms with Crippen LogP contribution in [0, 0.1) is 29.1 Å². The zero-order chi connectivity index (χ0) is 15.0. The van der Waals surface area contributed by atoms with E-state index in [0.717, 1.165) is 25.7 Å². The van der Waals surface area contributed by atoms with Crippen LogP contribution in [-0.4, -0.2) is 25.2 Å². The van der Waals surface area contributed by atoms with E-state index >= 15 is 0 Å². The van der Waals surface area contributed by atoms with Gasteiger partial charge in [0.2, 0.25) is 0 Å². The van der Waals surface area contributed by atoms with Gasteiger partial charge in [0.15, 0.2) is 5.92 Å². The lowest BCUT2D eigenvalue weighted by Gasteiger charge is -2.26. The van der Waals surface area contributed by atoms with Crippen LogP contribution in [0.5, 0.6) is 0 Å². The highest BCUT2D eigenvalue weighted by atomic mass is 16.6. The SMILES string of the molecule is CCOC(=O)C(CC1CCC(C#N)CC1)C(=O)OCC. The summed E-state index contributed by atoms with van der Waals surface area (Å²) >= 11 is 0. The summed E-state index contributed by atoms with van der Waals surface area (Å²) in [4.78, 5) is 23.8. The average molecular weight is 281 g/mol. The molecule has 0 aromatic heterocycles. The fraction of sp³-hybridized carbons (Fsp3) is 0.800. The maximum absolute atomic E-state index is 11.9. The van der Waals surface area contributed by atoms with E-state index in [-0.39, 0.29) is 19.1 Å². The quantitative estimate of drug-likeness (QED) is 0.552. The number of esters is 2. The molecule has 5 heteroatoms. The van der Waals surface area contributed by atoms with Crippen LogP contribution in [0.1, 0.15) is 46.0 Å². The number of carbonyl (C=O) groups excluding carboxylic acids is 2. The molecule has 1 aliphatic carbocycles. The molecule has 0 aromatic carbocycles. The third kappa shape index (κ3) is 4.84. The molecule has 0 aromatic rings. The first-order valence-corrected chi connectivity index (χ1v) is 7.35. The fourth-order valence-corrected chi connectivity index (χ4v) is 2.63. The van der Waals surface area contributed by atoms with Gasteiger partial charge in [-0.25, -0.2) is 0 Å². The van der Waals surface area contributed by atoms with Gasteiger partial charge in [-0.3, -0.25) is 9.59 Å². The highest BCUT2D eigenvalue weighted by molar-refractivity contribution is 5.94. The maximum Gasteiger partial charge on any atom is 0.320 e. The van der Waals surface area contributed by atoms with Crippen molar-refractivity contribution < 1.29 is 19.1 Å². The number of carbonyl (C=O) groups is 2. The molecule has 1 rings (SSSR count). The van der Waals surface area contributed by atoms with Gasteiger partial charge in [-0.1, -0.05) is 0 Å². The van der Waals surface area contributed by atoms with Gasteiger partial charge in [0.25, 0.3) is 0 Å². The summed E-state index contributed by atoms with van der Waals surface area (Å²) in [6.07, 6.45) is 3.93. The van der Waals surface area contributed by atoms with Crippen molar-refractivity contribution in [3.05, 3.63) is 0 Å². The van der Waals surface area contributed by atoms with Crippen molar-refractivity contribution in [2.45, 2.75) is 46.0 Å². The first-order chi connectivity index (χ1) is 9.62. The second kappa shape index (κ2) is 8.57. The zero-order valence-electron chi connectivity index (χ0n) is 12.3. The number of nitrogens with zero attached hydrogens (tertiary/aromatic N) is 1. The number of ether oxygens (including phenoxy) is 2. The van der Waals surface area contributed by atoms with Crippen LogP contribution in [0.2, 0.25) is 0 Å². The van der Waals surface area contributed by atoms with Crippen molar-refractivity contribution >= 4 is 11.9 Å². The number of nitriles is 1. The van der Waals surface area contributed by atoms with E-state index in [9.17, 15) is 9.59 Å². The molecule has 0 aliphatic heterocycles. The first-order valence-electron chi connectivity index (χ1n) is 7.35. The molecule has 0 unspecified atom stereocenters. The Balaban J connectivity index is 2.58. The predicted octanol–water partition coefficient (Wildman–Crippen LogP) is 2.45. The smallest absolute Gasteiger partial charge is 0.320 e. The Hall–Kier alpha value is -1.57. The summed E-state index contributed by atoms with van der Waals surface area (Å²) in [5, 5.41) is 8.88. The first kappa shape index (κ1) is 16.5. The molecule has 0 atom stereocenters. The molecule has 0 bridgehead atoms. The van der Waals surface area contributed by atoms with Gasteiger partial charge in [-0.2, -0.15) is 5.26 Å². The van der Waals surface area contributed by atoms with E-state index in [1.807, 2.05) is 0 Å². The Kier molecular flexibility index (Phi) is 7.06. The molecule has 112 valence electrons. The van der Waals surface area contributed by atoms with E-state index in [0.29, 0.717) is 12.3 Å². The van der Waals surface area contributed by atoms with Gasteiger partial charge in [-0.15, -0.1) is 0 Å². The van der Waals surface area contributed by atoms with Crippen LogP contribution >= 0.6 is 0 Å². The minimum Gasteiger partial charge on any atom is -0.465 e. The summed E-state index contributed by atoms with van der Waals surface area (Å²) in [5.74, 6) is -1.39. The van der Waals surface area contributed by atoms with Crippen LogP contribution in [0.25, 0.3) is 0 Å². The van der Waals surface area contributed by atoms with Gasteiger partial charge in [0.1, 0.15) is 0 Å². The minimum atomic E-state index is -0.821. The Morgan fingerprint density at radius 2 is 1.60 bits per heavy atom. The second-order valence-corrected chi connectivity index (χ2v) is 5.14. The van der Waals surface area contributed by atoms with Crippen molar-refractivity contribution in [2.75, 3.05) is 13.2 Å². The maximum atomic E-state index is 11.9. The van der Waals surface area contributed by atoms with E-state index in [2.05, 4.69) is 6.07 Å². The van der Waals surface area contributed by atoms with Crippen molar-refractivity contribution in [1.29, 1.82) is 5.26 Å². The van der Waals surface area contributed by atoms with Crippen molar-refractivity contribution in [1.82, 2.24) is 0 Å². The van der Waals surface area contributed by atoms with Gasteiger partial charge >= 0.3 is 11.9 Å². The zero-order valence-corrected chi connectivity index (χ0v) is 12.3. The molecule has 0 radical (unpaired) electrons. The lowest BCUT2D eigenvalue weighted by Crippen LogP contribution is -2.31. The molecule has 1 saturated carbocycles. The number of rotatable bonds is 6. The summed E-state index contributed by atoms with van der Waals surface area (Å²) < 4.78 is 9.93. The standard InChI is InChI=1S/C15H23NO4/c1-3-19-14(17)13(15(18)20-4-2)9-11-5-7-12(10-16)8-6-11/h11-13H,3-9H2,1-2H3. The van der Waals surface area contributed by atoms with E-state index in [4.69, 9.17) is 14.7 Å². The second-order valence-electron chi connectivity index (χ2n) is 5.14. The molecule has 5 nitrogen and oxygen atoms in total. The Bertz CT molecular complexity index is 349. The van der Waals surface area contributed by atoms with Crippen LogP contribution < -0.4 is 0 Å². The molecular formula is C15H23NO4. The monoisotopic (exact) mass is 281 g/mol. The Morgan fingerprint density at radius 3 is 2.00 bits per heavy atom. The fourth-order valence-electron chi connectivity index (χ4n) is 2.63. The molecule has 0 spiro atoms. The molecule has 0 amide bonds. The van der Waals surface area contributed by atoms with Crippen LogP contribution in [0.15, 0.2) is 0 Å². The normalized spacial score (nSPS) is 22.1. The van der Waals surface area contributed by atoms with E-state index in [1.54, 1.807) is 13.8 Å². The summed E-state index contributed by atoms with van der Waals surface area (Å²) in [6.45, 7) is 3.96. The lowest BCUT2D eigenvalue weighted by molar-refractivity contribution is -0.162. The van der Waals surface area contributed by atoms with Gasteiger partial charge in [0.05, 0.1) is 19.3 Å². The van der Waals surface area contributed by atoms with Crippen molar-refractivity contribution in [3.63, 3.8) is 0 Å². The van der Waals surface area contributed by atoms with Gasteiger partial charge in [0, 0.05) is 5.92 Å².